The van der Waals surface area contributed by atoms with Crippen LogP contribution in [0, 0.1) is 17.8 Å². The molecule has 104 valence electrons. The van der Waals surface area contributed by atoms with E-state index >= 15 is 0 Å². The van der Waals surface area contributed by atoms with Crippen LogP contribution in [0.1, 0.15) is 36.5 Å². The summed E-state index contributed by atoms with van der Waals surface area (Å²) in [7, 11) is 0. The Hall–Kier alpha value is -1.84. The molecule has 1 heterocycles. The number of benzene rings is 1. The number of fused-ring (bicyclic) bond motifs is 2. The molecule has 1 amide bonds. The monoisotopic (exact) mass is 271 g/mol. The van der Waals surface area contributed by atoms with E-state index in [2.05, 4.69) is 5.32 Å². The molecule has 3 atom stereocenters. The average molecular weight is 271 g/mol. The lowest BCUT2D eigenvalue weighted by molar-refractivity contribution is -0.122. The number of carbonyl (C=O) groups is 2. The Morgan fingerprint density at radius 2 is 2.05 bits per heavy atom. The van der Waals surface area contributed by atoms with Gasteiger partial charge < -0.3 is 10.1 Å². The number of ketones is 1. The highest BCUT2D eigenvalue weighted by atomic mass is 16.5. The second-order valence-corrected chi connectivity index (χ2v) is 6.11. The van der Waals surface area contributed by atoms with Crippen molar-refractivity contribution in [2.45, 2.75) is 32.3 Å². The van der Waals surface area contributed by atoms with Crippen molar-refractivity contribution in [1.29, 1.82) is 0 Å². The van der Waals surface area contributed by atoms with E-state index in [4.69, 9.17) is 4.74 Å². The number of Topliss-reactive ketones (excluding diaryl/α,β-unsaturated/α-hetero) is 1. The van der Waals surface area contributed by atoms with Crippen LogP contribution >= 0.6 is 0 Å². The van der Waals surface area contributed by atoms with Crippen LogP contribution in [0.15, 0.2) is 18.2 Å². The van der Waals surface area contributed by atoms with Gasteiger partial charge in [0.05, 0.1) is 5.69 Å². The van der Waals surface area contributed by atoms with E-state index in [0.29, 0.717) is 28.8 Å². The summed E-state index contributed by atoms with van der Waals surface area (Å²) in [5.41, 5.74) is 1.31. The number of hydrogen-bond acceptors (Lipinski definition) is 3. The highest BCUT2D eigenvalue weighted by Crippen LogP contribution is 2.58. The fraction of sp³-hybridized carbons (Fsp3) is 0.500. The molecular formula is C16H17NO3. The Morgan fingerprint density at radius 1 is 1.30 bits per heavy atom. The summed E-state index contributed by atoms with van der Waals surface area (Å²) in [5, 5.41) is 2.80. The summed E-state index contributed by atoms with van der Waals surface area (Å²) in [6.07, 6.45) is 3.18. The molecule has 0 saturated heterocycles. The Bertz CT molecular complexity index is 600. The van der Waals surface area contributed by atoms with Crippen molar-refractivity contribution >= 4 is 17.4 Å². The summed E-state index contributed by atoms with van der Waals surface area (Å²) < 4.78 is 5.51. The van der Waals surface area contributed by atoms with E-state index in [1.165, 1.54) is 19.3 Å². The minimum Gasteiger partial charge on any atom is -0.479 e. The first-order valence-corrected chi connectivity index (χ1v) is 7.31. The van der Waals surface area contributed by atoms with Crippen molar-refractivity contribution in [2.24, 2.45) is 17.8 Å². The molecule has 0 bridgehead atoms. The van der Waals surface area contributed by atoms with Crippen LogP contribution in [0.4, 0.5) is 5.69 Å². The lowest BCUT2D eigenvalue weighted by Gasteiger charge is -2.23. The molecule has 0 spiro atoms. The number of ether oxygens (including phenoxy) is 1. The van der Waals surface area contributed by atoms with Crippen LogP contribution in [-0.2, 0) is 4.79 Å². The molecule has 0 aromatic heterocycles. The van der Waals surface area contributed by atoms with Crippen LogP contribution in [0.2, 0.25) is 0 Å². The quantitative estimate of drug-likeness (QED) is 0.841. The van der Waals surface area contributed by atoms with E-state index < -0.39 is 6.10 Å². The van der Waals surface area contributed by atoms with Gasteiger partial charge in [-0.2, -0.15) is 0 Å². The molecule has 4 nitrogen and oxygen atoms in total. The van der Waals surface area contributed by atoms with E-state index in [0.717, 1.165) is 0 Å². The Balaban J connectivity index is 1.59. The van der Waals surface area contributed by atoms with Crippen molar-refractivity contribution in [2.75, 3.05) is 5.32 Å². The molecule has 3 aliphatic rings. The van der Waals surface area contributed by atoms with E-state index in [9.17, 15) is 9.59 Å². The molecular weight excluding hydrogens is 254 g/mol. The smallest absolute Gasteiger partial charge is 0.265 e. The minimum atomic E-state index is -0.480. The summed E-state index contributed by atoms with van der Waals surface area (Å²) in [4.78, 5) is 24.1. The van der Waals surface area contributed by atoms with Gasteiger partial charge in [-0.15, -0.1) is 0 Å². The van der Waals surface area contributed by atoms with Gasteiger partial charge in [-0.05, 0) is 49.8 Å². The van der Waals surface area contributed by atoms with Gasteiger partial charge in [0.2, 0.25) is 0 Å². The molecule has 2 saturated carbocycles. The topological polar surface area (TPSA) is 55.4 Å². The zero-order valence-electron chi connectivity index (χ0n) is 11.4. The third kappa shape index (κ3) is 1.67. The standard InChI is InChI=1S/C16H17NO3/c1-8-16(19)17-12-7-9(5-6-13(12)20-8)15(18)14-10-3-2-4-11(10)14/h5-8,10-11,14H,2-4H2,1H3,(H,17,19). The molecule has 3 unspecified atom stereocenters. The number of nitrogens with one attached hydrogen (secondary N) is 1. The maximum absolute atomic E-state index is 12.5. The van der Waals surface area contributed by atoms with Crippen LogP contribution in [-0.4, -0.2) is 17.8 Å². The van der Waals surface area contributed by atoms with Crippen molar-refractivity contribution in [3.63, 3.8) is 0 Å². The lowest BCUT2D eigenvalue weighted by Crippen LogP contribution is -2.34. The predicted molar refractivity (Wildman–Crippen MR) is 73.8 cm³/mol. The first-order valence-electron chi connectivity index (χ1n) is 7.31. The average Bonchev–Trinajstić information content (AvgIpc) is 2.91. The molecule has 0 radical (unpaired) electrons. The Morgan fingerprint density at radius 3 is 2.80 bits per heavy atom. The minimum absolute atomic E-state index is 0.162. The second kappa shape index (κ2) is 4.08. The summed E-state index contributed by atoms with van der Waals surface area (Å²) in [5.74, 6) is 2.17. The number of hydrogen-bond donors (Lipinski definition) is 1. The van der Waals surface area contributed by atoms with Gasteiger partial charge >= 0.3 is 0 Å². The first-order chi connectivity index (χ1) is 9.65. The van der Waals surface area contributed by atoms with Gasteiger partial charge in [0, 0.05) is 11.5 Å². The lowest BCUT2D eigenvalue weighted by atomic mass is 10.0. The maximum Gasteiger partial charge on any atom is 0.265 e. The highest BCUT2D eigenvalue weighted by molar-refractivity contribution is 6.03. The fourth-order valence-corrected chi connectivity index (χ4v) is 3.76. The number of carbonyl (C=O) groups excluding carboxylic acids is 2. The molecule has 20 heavy (non-hydrogen) atoms. The predicted octanol–water partition coefficient (Wildman–Crippen LogP) is 2.63. The van der Waals surface area contributed by atoms with Gasteiger partial charge in [0.25, 0.3) is 5.91 Å². The van der Waals surface area contributed by atoms with E-state index in [1.54, 1.807) is 19.1 Å². The van der Waals surface area contributed by atoms with Gasteiger partial charge in [-0.1, -0.05) is 6.42 Å². The molecule has 4 rings (SSSR count). The van der Waals surface area contributed by atoms with E-state index in [1.807, 2.05) is 6.07 Å². The number of anilines is 1. The second-order valence-electron chi connectivity index (χ2n) is 6.11. The largest absolute Gasteiger partial charge is 0.479 e. The maximum atomic E-state index is 12.5. The third-order valence-electron chi connectivity index (χ3n) is 4.90. The molecule has 1 aromatic carbocycles. The van der Waals surface area contributed by atoms with E-state index in [-0.39, 0.29) is 17.6 Å². The molecule has 1 aliphatic heterocycles. The van der Waals surface area contributed by atoms with Crippen molar-refractivity contribution in [3.05, 3.63) is 23.8 Å². The summed E-state index contributed by atoms with van der Waals surface area (Å²) in [6, 6.07) is 5.37. The SMILES string of the molecule is CC1Oc2ccc(C(=O)C3C4CCCC43)cc2NC1=O. The summed E-state index contributed by atoms with van der Waals surface area (Å²) >= 11 is 0. The molecule has 1 N–H and O–H groups in total. The van der Waals surface area contributed by atoms with Crippen molar-refractivity contribution < 1.29 is 14.3 Å². The van der Waals surface area contributed by atoms with Gasteiger partial charge in [0.1, 0.15) is 5.75 Å². The van der Waals surface area contributed by atoms with Gasteiger partial charge in [0.15, 0.2) is 11.9 Å². The Labute approximate surface area is 117 Å². The van der Waals surface area contributed by atoms with Gasteiger partial charge in [-0.25, -0.2) is 0 Å². The van der Waals surface area contributed by atoms with Crippen LogP contribution in [0.25, 0.3) is 0 Å². The number of amides is 1. The first kappa shape index (κ1) is 11.9. The highest BCUT2D eigenvalue weighted by Gasteiger charge is 2.56. The fourth-order valence-electron chi connectivity index (χ4n) is 3.76. The van der Waals surface area contributed by atoms with Crippen LogP contribution in [0.5, 0.6) is 5.75 Å². The Kier molecular flexibility index (Phi) is 2.43. The van der Waals surface area contributed by atoms with Crippen molar-refractivity contribution in [1.82, 2.24) is 0 Å². The molecule has 1 aromatic rings. The molecule has 2 fully saturated rings. The van der Waals surface area contributed by atoms with Crippen molar-refractivity contribution in [3.8, 4) is 5.75 Å². The van der Waals surface area contributed by atoms with Gasteiger partial charge in [-0.3, -0.25) is 9.59 Å². The molecule has 4 heteroatoms. The van der Waals surface area contributed by atoms with Crippen LogP contribution < -0.4 is 10.1 Å². The van der Waals surface area contributed by atoms with Crippen LogP contribution in [0.3, 0.4) is 0 Å². The normalized spacial score (nSPS) is 33.8. The summed E-state index contributed by atoms with van der Waals surface area (Å²) in [6.45, 7) is 1.71. The molecule has 2 aliphatic carbocycles. The number of rotatable bonds is 2. The third-order valence-corrected chi connectivity index (χ3v) is 4.90. The zero-order chi connectivity index (χ0) is 13.9. The zero-order valence-corrected chi connectivity index (χ0v) is 11.4.